The third-order valence-electron chi connectivity index (χ3n) is 2.58. The zero-order chi connectivity index (χ0) is 11.7. The molecule has 0 fully saturated rings. The molecule has 0 atom stereocenters. The third-order valence-corrected chi connectivity index (χ3v) is 2.58. The first kappa shape index (κ1) is 9.84. The van der Waals surface area contributed by atoms with Gasteiger partial charge in [-0.05, 0) is 6.07 Å². The Bertz CT molecular complexity index is 646. The molecular weight excluding hydrogens is 214 g/mol. The molecule has 3 aromatic rings. The maximum absolute atomic E-state index is 5.16. The minimum atomic E-state index is 0.721. The van der Waals surface area contributed by atoms with Crippen molar-refractivity contribution < 1.29 is 4.74 Å². The van der Waals surface area contributed by atoms with Gasteiger partial charge in [0.1, 0.15) is 5.75 Å². The van der Waals surface area contributed by atoms with Gasteiger partial charge in [-0.2, -0.15) is 0 Å². The number of fused-ring (bicyclic) bond motifs is 1. The van der Waals surface area contributed by atoms with Crippen LogP contribution in [0.4, 0.5) is 0 Å². The molecule has 0 saturated heterocycles. The minimum Gasteiger partial charge on any atom is -0.497 e. The van der Waals surface area contributed by atoms with Gasteiger partial charge in [-0.1, -0.05) is 30.3 Å². The van der Waals surface area contributed by atoms with Crippen molar-refractivity contribution in [2.45, 2.75) is 0 Å². The van der Waals surface area contributed by atoms with Gasteiger partial charge in [-0.25, -0.2) is 9.50 Å². The van der Waals surface area contributed by atoms with Crippen LogP contribution in [0.2, 0.25) is 0 Å². The Kier molecular flexibility index (Phi) is 2.26. The molecule has 0 unspecified atom stereocenters. The number of hydrogen-bond acceptors (Lipinski definition) is 3. The van der Waals surface area contributed by atoms with Gasteiger partial charge in [0.15, 0.2) is 11.5 Å². The van der Waals surface area contributed by atoms with Crippen LogP contribution in [-0.4, -0.2) is 21.7 Å². The van der Waals surface area contributed by atoms with Gasteiger partial charge in [0, 0.05) is 17.8 Å². The Hall–Kier alpha value is -2.36. The second-order valence-corrected chi connectivity index (χ2v) is 3.67. The highest BCUT2D eigenvalue weighted by Gasteiger charge is 2.06. The Balaban J connectivity index is 2.14. The Morgan fingerprint density at radius 3 is 2.71 bits per heavy atom. The molecule has 1 aromatic carbocycles. The lowest BCUT2D eigenvalue weighted by Crippen LogP contribution is -1.88. The number of rotatable bonds is 2. The van der Waals surface area contributed by atoms with Crippen molar-refractivity contribution >= 4 is 5.65 Å². The van der Waals surface area contributed by atoms with E-state index in [0.717, 1.165) is 22.8 Å². The molecule has 0 bridgehead atoms. The third kappa shape index (κ3) is 1.73. The molecule has 0 aliphatic heterocycles. The summed E-state index contributed by atoms with van der Waals surface area (Å²) in [5, 5.41) is 4.41. The molecule has 0 aliphatic carbocycles. The van der Waals surface area contributed by atoms with Gasteiger partial charge in [0.25, 0.3) is 0 Å². The lowest BCUT2D eigenvalue weighted by atomic mass is 10.2. The average Bonchev–Trinajstić information content (AvgIpc) is 2.82. The highest BCUT2D eigenvalue weighted by Crippen LogP contribution is 2.18. The zero-order valence-corrected chi connectivity index (χ0v) is 9.37. The summed E-state index contributed by atoms with van der Waals surface area (Å²) in [6.45, 7) is 0. The van der Waals surface area contributed by atoms with Gasteiger partial charge in [-0.15, -0.1) is 5.10 Å². The normalized spacial score (nSPS) is 10.6. The lowest BCUT2D eigenvalue weighted by molar-refractivity contribution is 0.414. The average molecular weight is 225 g/mol. The fourth-order valence-electron chi connectivity index (χ4n) is 1.70. The van der Waals surface area contributed by atoms with E-state index in [1.807, 2.05) is 48.7 Å². The number of methoxy groups -OCH3 is 1. The van der Waals surface area contributed by atoms with E-state index in [9.17, 15) is 0 Å². The van der Waals surface area contributed by atoms with Crippen LogP contribution in [0.1, 0.15) is 0 Å². The molecule has 84 valence electrons. The molecular formula is C13H11N3O. The summed E-state index contributed by atoms with van der Waals surface area (Å²) in [4.78, 5) is 4.46. The Labute approximate surface area is 98.5 Å². The van der Waals surface area contributed by atoms with Gasteiger partial charge in [0.2, 0.25) is 0 Å². The first-order valence-corrected chi connectivity index (χ1v) is 5.33. The highest BCUT2D eigenvalue weighted by atomic mass is 16.5. The summed E-state index contributed by atoms with van der Waals surface area (Å²) in [6, 6.07) is 13.6. The quantitative estimate of drug-likeness (QED) is 0.672. The summed E-state index contributed by atoms with van der Waals surface area (Å²) >= 11 is 0. The second-order valence-electron chi connectivity index (χ2n) is 3.67. The number of pyridine rings is 1. The van der Waals surface area contributed by atoms with Crippen molar-refractivity contribution in [2.24, 2.45) is 0 Å². The van der Waals surface area contributed by atoms with Crippen molar-refractivity contribution in [3.8, 4) is 17.1 Å². The lowest BCUT2D eigenvalue weighted by Gasteiger charge is -1.97. The summed E-state index contributed by atoms with van der Waals surface area (Å²) in [7, 11) is 1.64. The summed E-state index contributed by atoms with van der Waals surface area (Å²) in [5.74, 6) is 1.50. The van der Waals surface area contributed by atoms with E-state index in [1.54, 1.807) is 11.6 Å². The van der Waals surface area contributed by atoms with E-state index in [4.69, 9.17) is 4.74 Å². The van der Waals surface area contributed by atoms with Crippen LogP contribution in [0.5, 0.6) is 5.75 Å². The molecule has 4 nitrogen and oxygen atoms in total. The Morgan fingerprint density at radius 2 is 1.94 bits per heavy atom. The van der Waals surface area contributed by atoms with E-state index < -0.39 is 0 Å². The molecule has 0 spiro atoms. The van der Waals surface area contributed by atoms with Gasteiger partial charge < -0.3 is 4.74 Å². The van der Waals surface area contributed by atoms with E-state index >= 15 is 0 Å². The molecule has 3 rings (SSSR count). The largest absolute Gasteiger partial charge is 0.497 e. The van der Waals surface area contributed by atoms with Gasteiger partial charge in [0.05, 0.1) is 7.11 Å². The first-order valence-electron chi connectivity index (χ1n) is 5.33. The molecule has 0 N–H and O–H groups in total. The molecule has 0 radical (unpaired) electrons. The van der Waals surface area contributed by atoms with Crippen molar-refractivity contribution in [3.05, 3.63) is 48.7 Å². The van der Waals surface area contributed by atoms with Gasteiger partial charge >= 0.3 is 0 Å². The molecule has 0 aliphatic rings. The maximum Gasteiger partial charge on any atom is 0.182 e. The topological polar surface area (TPSA) is 39.4 Å². The molecule has 0 saturated carbocycles. The van der Waals surface area contributed by atoms with Crippen LogP contribution in [0.3, 0.4) is 0 Å². The SMILES string of the molecule is COc1ccn2nc(-c3ccccc3)nc2c1. The fraction of sp³-hybridized carbons (Fsp3) is 0.0769. The Morgan fingerprint density at radius 1 is 1.12 bits per heavy atom. The van der Waals surface area contributed by atoms with E-state index in [2.05, 4.69) is 10.1 Å². The summed E-state index contributed by atoms with van der Waals surface area (Å²) < 4.78 is 6.90. The molecule has 2 heterocycles. The summed E-state index contributed by atoms with van der Waals surface area (Å²) in [6.07, 6.45) is 1.84. The number of aromatic nitrogens is 3. The predicted octanol–water partition coefficient (Wildman–Crippen LogP) is 2.40. The van der Waals surface area contributed by atoms with Crippen molar-refractivity contribution in [1.82, 2.24) is 14.6 Å². The van der Waals surface area contributed by atoms with Crippen molar-refractivity contribution in [3.63, 3.8) is 0 Å². The monoisotopic (exact) mass is 225 g/mol. The number of ether oxygens (including phenoxy) is 1. The van der Waals surface area contributed by atoms with Crippen molar-refractivity contribution in [1.29, 1.82) is 0 Å². The van der Waals surface area contributed by atoms with Crippen LogP contribution in [0.15, 0.2) is 48.7 Å². The first-order chi connectivity index (χ1) is 8.36. The van der Waals surface area contributed by atoms with E-state index in [1.165, 1.54) is 0 Å². The standard InChI is InChI=1S/C13H11N3O/c1-17-11-7-8-16-12(9-11)14-13(15-16)10-5-3-2-4-6-10/h2-9H,1H3. The molecule has 0 amide bonds. The maximum atomic E-state index is 5.16. The van der Waals surface area contributed by atoms with Crippen LogP contribution in [-0.2, 0) is 0 Å². The number of nitrogens with zero attached hydrogens (tertiary/aromatic N) is 3. The van der Waals surface area contributed by atoms with Crippen LogP contribution in [0, 0.1) is 0 Å². The molecule has 17 heavy (non-hydrogen) atoms. The predicted molar refractivity (Wildman–Crippen MR) is 65.0 cm³/mol. The minimum absolute atomic E-state index is 0.721. The fourth-order valence-corrected chi connectivity index (χ4v) is 1.70. The smallest absolute Gasteiger partial charge is 0.182 e. The highest BCUT2D eigenvalue weighted by molar-refractivity contribution is 5.58. The zero-order valence-electron chi connectivity index (χ0n) is 9.37. The van der Waals surface area contributed by atoms with Crippen molar-refractivity contribution in [2.75, 3.05) is 7.11 Å². The number of benzene rings is 1. The van der Waals surface area contributed by atoms with E-state index in [0.29, 0.717) is 0 Å². The van der Waals surface area contributed by atoms with Crippen LogP contribution in [0.25, 0.3) is 17.0 Å². The number of hydrogen-bond donors (Lipinski definition) is 0. The van der Waals surface area contributed by atoms with Gasteiger partial charge in [-0.3, -0.25) is 0 Å². The second kappa shape index (κ2) is 3.90. The molecule has 4 heteroatoms. The molecule has 2 aromatic heterocycles. The van der Waals surface area contributed by atoms with Crippen LogP contribution < -0.4 is 4.74 Å². The van der Waals surface area contributed by atoms with Crippen LogP contribution >= 0.6 is 0 Å². The van der Waals surface area contributed by atoms with E-state index in [-0.39, 0.29) is 0 Å². The summed E-state index contributed by atoms with van der Waals surface area (Å²) in [5.41, 5.74) is 1.79.